The van der Waals surface area contributed by atoms with Gasteiger partial charge in [-0.3, -0.25) is 4.79 Å². The molecule has 1 aromatic rings. The van der Waals surface area contributed by atoms with Gasteiger partial charge in [0.25, 0.3) is 0 Å². The molecular formula is C15H22N2O2. The number of methoxy groups -OCH3 is 1. The van der Waals surface area contributed by atoms with Crippen molar-refractivity contribution >= 4 is 11.7 Å². The summed E-state index contributed by atoms with van der Waals surface area (Å²) in [6, 6.07) is 8.68. The molecule has 1 fully saturated rings. The lowest BCUT2D eigenvalue weighted by Gasteiger charge is -2.41. The maximum absolute atomic E-state index is 11.6. The fraction of sp³-hybridized carbons (Fsp3) is 0.533. The maximum atomic E-state index is 11.6. The third-order valence-corrected chi connectivity index (χ3v) is 3.68. The molecule has 104 valence electrons. The molecule has 4 nitrogen and oxygen atoms in total. The summed E-state index contributed by atoms with van der Waals surface area (Å²) in [5, 5.41) is 0. The standard InChI is InChI=1S/C15H22N2O2/c1-12-4-6-13(7-5-12)17-9-8-16(2)11-14(17)10-15(18)19-3/h4-7,14H,8-11H2,1-3H3. The van der Waals surface area contributed by atoms with Crippen molar-refractivity contribution in [3.05, 3.63) is 29.8 Å². The number of esters is 1. The minimum Gasteiger partial charge on any atom is -0.469 e. The molecular weight excluding hydrogens is 240 g/mol. The van der Waals surface area contributed by atoms with Crippen LogP contribution in [-0.4, -0.2) is 50.7 Å². The smallest absolute Gasteiger partial charge is 0.307 e. The Morgan fingerprint density at radius 3 is 2.63 bits per heavy atom. The van der Waals surface area contributed by atoms with E-state index in [-0.39, 0.29) is 12.0 Å². The highest BCUT2D eigenvalue weighted by molar-refractivity contribution is 5.71. The van der Waals surface area contributed by atoms with Crippen LogP contribution >= 0.6 is 0 Å². The summed E-state index contributed by atoms with van der Waals surface area (Å²) in [6.45, 7) is 4.94. The van der Waals surface area contributed by atoms with Gasteiger partial charge >= 0.3 is 5.97 Å². The van der Waals surface area contributed by atoms with Gasteiger partial charge in [-0.2, -0.15) is 0 Å². The molecule has 0 saturated carbocycles. The summed E-state index contributed by atoms with van der Waals surface area (Å²) >= 11 is 0. The van der Waals surface area contributed by atoms with Crippen LogP contribution in [0.5, 0.6) is 0 Å². The van der Waals surface area contributed by atoms with Crippen molar-refractivity contribution in [1.82, 2.24) is 4.90 Å². The number of aryl methyl sites for hydroxylation is 1. The highest BCUT2D eigenvalue weighted by Crippen LogP contribution is 2.22. The molecule has 0 amide bonds. The Labute approximate surface area is 115 Å². The molecule has 1 unspecified atom stereocenters. The molecule has 0 bridgehead atoms. The zero-order valence-corrected chi connectivity index (χ0v) is 11.9. The molecule has 1 aliphatic rings. The minimum absolute atomic E-state index is 0.141. The molecule has 1 aromatic carbocycles. The molecule has 0 N–H and O–H groups in total. The van der Waals surface area contributed by atoms with Crippen LogP contribution in [0.3, 0.4) is 0 Å². The van der Waals surface area contributed by atoms with Crippen molar-refractivity contribution in [2.45, 2.75) is 19.4 Å². The number of hydrogen-bond donors (Lipinski definition) is 0. The van der Waals surface area contributed by atoms with Gasteiger partial charge in [0.1, 0.15) is 0 Å². The van der Waals surface area contributed by atoms with Gasteiger partial charge < -0.3 is 14.5 Å². The Morgan fingerprint density at radius 1 is 1.32 bits per heavy atom. The van der Waals surface area contributed by atoms with E-state index in [1.807, 2.05) is 0 Å². The largest absolute Gasteiger partial charge is 0.469 e. The van der Waals surface area contributed by atoms with Crippen LogP contribution in [0.15, 0.2) is 24.3 Å². The van der Waals surface area contributed by atoms with Crippen LogP contribution in [0.4, 0.5) is 5.69 Å². The summed E-state index contributed by atoms with van der Waals surface area (Å²) in [6.07, 6.45) is 0.439. The molecule has 1 aliphatic heterocycles. The van der Waals surface area contributed by atoms with Gasteiger partial charge in [-0.25, -0.2) is 0 Å². The zero-order valence-electron chi connectivity index (χ0n) is 11.9. The summed E-state index contributed by atoms with van der Waals surface area (Å²) in [4.78, 5) is 16.1. The Bertz CT molecular complexity index is 430. The van der Waals surface area contributed by atoms with E-state index in [1.165, 1.54) is 18.4 Å². The summed E-state index contributed by atoms with van der Waals surface area (Å²) in [7, 11) is 3.54. The lowest BCUT2D eigenvalue weighted by atomic mass is 10.1. The van der Waals surface area contributed by atoms with E-state index >= 15 is 0 Å². The first-order valence-corrected chi connectivity index (χ1v) is 6.69. The van der Waals surface area contributed by atoms with Gasteiger partial charge in [0.2, 0.25) is 0 Å². The molecule has 0 aliphatic carbocycles. The second-order valence-corrected chi connectivity index (χ2v) is 5.23. The third-order valence-electron chi connectivity index (χ3n) is 3.68. The molecule has 0 radical (unpaired) electrons. The number of nitrogens with zero attached hydrogens (tertiary/aromatic N) is 2. The Balaban J connectivity index is 2.15. The number of carbonyl (C=O) groups is 1. The number of anilines is 1. The fourth-order valence-corrected chi connectivity index (χ4v) is 2.54. The van der Waals surface area contributed by atoms with Crippen molar-refractivity contribution < 1.29 is 9.53 Å². The first-order chi connectivity index (χ1) is 9.10. The monoisotopic (exact) mass is 262 g/mol. The van der Waals surface area contributed by atoms with E-state index in [1.54, 1.807) is 0 Å². The van der Waals surface area contributed by atoms with Crippen LogP contribution in [0.25, 0.3) is 0 Å². The lowest BCUT2D eigenvalue weighted by Crippen LogP contribution is -2.52. The average molecular weight is 262 g/mol. The second kappa shape index (κ2) is 6.06. The van der Waals surface area contributed by atoms with Crippen LogP contribution in [0.1, 0.15) is 12.0 Å². The lowest BCUT2D eigenvalue weighted by molar-refractivity contribution is -0.141. The normalized spacial score (nSPS) is 20.4. The Hall–Kier alpha value is -1.55. The number of hydrogen-bond acceptors (Lipinski definition) is 4. The molecule has 1 saturated heterocycles. The summed E-state index contributed by atoms with van der Waals surface area (Å²) in [5.74, 6) is -0.141. The number of rotatable bonds is 3. The van der Waals surface area contributed by atoms with E-state index in [9.17, 15) is 4.79 Å². The molecule has 1 atom stereocenters. The van der Waals surface area contributed by atoms with Gasteiger partial charge in [0.15, 0.2) is 0 Å². The minimum atomic E-state index is -0.141. The van der Waals surface area contributed by atoms with Gasteiger partial charge in [-0.15, -0.1) is 0 Å². The van der Waals surface area contributed by atoms with Crippen molar-refractivity contribution in [2.75, 3.05) is 38.7 Å². The van der Waals surface area contributed by atoms with Crippen LogP contribution in [0.2, 0.25) is 0 Å². The van der Waals surface area contributed by atoms with Crippen LogP contribution in [0, 0.1) is 6.92 Å². The van der Waals surface area contributed by atoms with Crippen LogP contribution < -0.4 is 4.90 Å². The first-order valence-electron chi connectivity index (χ1n) is 6.69. The van der Waals surface area contributed by atoms with E-state index in [2.05, 4.69) is 48.0 Å². The number of likely N-dealkylation sites (N-methyl/N-ethyl adjacent to an activating group) is 1. The van der Waals surface area contributed by atoms with Crippen LogP contribution in [-0.2, 0) is 9.53 Å². The van der Waals surface area contributed by atoms with E-state index in [0.29, 0.717) is 6.42 Å². The van der Waals surface area contributed by atoms with Crippen molar-refractivity contribution in [2.24, 2.45) is 0 Å². The number of piperazine rings is 1. The SMILES string of the molecule is COC(=O)CC1CN(C)CCN1c1ccc(C)cc1. The predicted molar refractivity (Wildman–Crippen MR) is 76.4 cm³/mol. The third kappa shape index (κ3) is 3.47. The summed E-state index contributed by atoms with van der Waals surface area (Å²) < 4.78 is 4.81. The molecule has 1 heterocycles. The van der Waals surface area contributed by atoms with Crippen molar-refractivity contribution in [3.8, 4) is 0 Å². The molecule has 0 aromatic heterocycles. The van der Waals surface area contributed by atoms with Gasteiger partial charge in [0.05, 0.1) is 19.6 Å². The van der Waals surface area contributed by atoms with Gasteiger partial charge in [-0.05, 0) is 26.1 Å². The topological polar surface area (TPSA) is 32.8 Å². The Morgan fingerprint density at radius 2 is 2.00 bits per heavy atom. The quantitative estimate of drug-likeness (QED) is 0.776. The highest BCUT2D eigenvalue weighted by atomic mass is 16.5. The van der Waals surface area contributed by atoms with E-state index in [4.69, 9.17) is 4.74 Å². The van der Waals surface area contributed by atoms with Gasteiger partial charge in [0, 0.05) is 25.3 Å². The highest BCUT2D eigenvalue weighted by Gasteiger charge is 2.27. The van der Waals surface area contributed by atoms with Crippen molar-refractivity contribution in [3.63, 3.8) is 0 Å². The molecule has 4 heteroatoms. The van der Waals surface area contributed by atoms with Gasteiger partial charge in [-0.1, -0.05) is 17.7 Å². The average Bonchev–Trinajstić information content (AvgIpc) is 2.40. The first kappa shape index (κ1) is 13.9. The maximum Gasteiger partial charge on any atom is 0.307 e. The summed E-state index contributed by atoms with van der Waals surface area (Å²) in [5.41, 5.74) is 2.44. The second-order valence-electron chi connectivity index (χ2n) is 5.23. The molecule has 19 heavy (non-hydrogen) atoms. The Kier molecular flexibility index (Phi) is 4.43. The van der Waals surface area contributed by atoms with E-state index < -0.39 is 0 Å². The fourth-order valence-electron chi connectivity index (χ4n) is 2.54. The number of benzene rings is 1. The number of ether oxygens (including phenoxy) is 1. The predicted octanol–water partition coefficient (Wildman–Crippen LogP) is 1.68. The molecule has 2 rings (SSSR count). The molecule has 0 spiro atoms. The van der Waals surface area contributed by atoms with E-state index in [0.717, 1.165) is 19.6 Å². The zero-order chi connectivity index (χ0) is 13.8. The van der Waals surface area contributed by atoms with Crippen molar-refractivity contribution in [1.29, 1.82) is 0 Å². The number of carbonyl (C=O) groups excluding carboxylic acids is 1.